The van der Waals surface area contributed by atoms with Crippen molar-refractivity contribution in [1.82, 2.24) is 9.97 Å². The van der Waals surface area contributed by atoms with Crippen molar-refractivity contribution in [3.8, 4) is 0 Å². The van der Waals surface area contributed by atoms with Crippen molar-refractivity contribution in [2.24, 2.45) is 5.92 Å². The van der Waals surface area contributed by atoms with Crippen LogP contribution in [0.1, 0.15) is 66.1 Å². The maximum absolute atomic E-state index is 4.74. The van der Waals surface area contributed by atoms with Gasteiger partial charge in [0.2, 0.25) is 0 Å². The van der Waals surface area contributed by atoms with Gasteiger partial charge in [-0.05, 0) is 32.6 Å². The van der Waals surface area contributed by atoms with Crippen molar-refractivity contribution in [1.29, 1.82) is 0 Å². The standard InChI is InChI=1S/C17H30N4/c1-6-18-14-11-15(21-16(20-14)17(3,4)5)19-12(2)13-9-7-8-10-13/h11-13H,6-10H2,1-5H3,(H2,18,19,20,21). The van der Waals surface area contributed by atoms with Gasteiger partial charge in [0.1, 0.15) is 17.5 Å². The highest BCUT2D eigenvalue weighted by molar-refractivity contribution is 5.48. The Bertz CT molecular complexity index is 458. The molecule has 2 N–H and O–H groups in total. The molecule has 1 saturated carbocycles. The molecule has 0 spiro atoms. The van der Waals surface area contributed by atoms with E-state index in [1.165, 1.54) is 25.7 Å². The third kappa shape index (κ3) is 4.32. The number of aromatic nitrogens is 2. The van der Waals surface area contributed by atoms with Crippen LogP contribution in [0.5, 0.6) is 0 Å². The minimum absolute atomic E-state index is 0.0432. The maximum atomic E-state index is 4.74. The third-order valence-corrected chi connectivity index (χ3v) is 4.24. The first-order valence-corrected chi connectivity index (χ1v) is 8.30. The highest BCUT2D eigenvalue weighted by atomic mass is 15.1. The zero-order valence-corrected chi connectivity index (χ0v) is 14.2. The molecule has 1 aromatic rings. The predicted molar refractivity (Wildman–Crippen MR) is 89.9 cm³/mol. The molecular weight excluding hydrogens is 260 g/mol. The average molecular weight is 290 g/mol. The second-order valence-electron chi connectivity index (χ2n) is 7.22. The van der Waals surface area contributed by atoms with Crippen molar-refractivity contribution in [2.45, 2.75) is 71.8 Å². The SMILES string of the molecule is CCNc1cc(NC(C)C2CCCC2)nc(C(C)(C)C)n1. The molecule has 21 heavy (non-hydrogen) atoms. The molecule has 0 radical (unpaired) electrons. The fourth-order valence-corrected chi connectivity index (χ4v) is 2.94. The average Bonchev–Trinajstić information content (AvgIpc) is 2.91. The van der Waals surface area contributed by atoms with Gasteiger partial charge in [-0.1, -0.05) is 33.6 Å². The number of nitrogens with zero attached hydrogens (tertiary/aromatic N) is 2. The van der Waals surface area contributed by atoms with E-state index in [4.69, 9.17) is 4.98 Å². The van der Waals surface area contributed by atoms with Crippen LogP contribution in [0.2, 0.25) is 0 Å². The first-order chi connectivity index (χ1) is 9.90. The van der Waals surface area contributed by atoms with Gasteiger partial charge in [0.15, 0.2) is 0 Å². The lowest BCUT2D eigenvalue weighted by Crippen LogP contribution is -2.26. The normalized spacial score (nSPS) is 17.8. The van der Waals surface area contributed by atoms with Gasteiger partial charge in [-0.25, -0.2) is 9.97 Å². The van der Waals surface area contributed by atoms with Crippen LogP contribution in [0.3, 0.4) is 0 Å². The number of nitrogens with one attached hydrogen (secondary N) is 2. The Morgan fingerprint density at radius 2 is 1.81 bits per heavy atom. The lowest BCUT2D eigenvalue weighted by Gasteiger charge is -2.23. The van der Waals surface area contributed by atoms with E-state index in [0.717, 1.165) is 29.9 Å². The van der Waals surface area contributed by atoms with Crippen LogP contribution >= 0.6 is 0 Å². The Kier molecular flexibility index (Phi) is 5.07. The first-order valence-electron chi connectivity index (χ1n) is 8.30. The molecule has 0 aliphatic heterocycles. The second kappa shape index (κ2) is 6.63. The highest BCUT2D eigenvalue weighted by Crippen LogP contribution is 2.30. The van der Waals surface area contributed by atoms with E-state index in [2.05, 4.69) is 50.2 Å². The lowest BCUT2D eigenvalue weighted by molar-refractivity contribution is 0.479. The summed E-state index contributed by atoms with van der Waals surface area (Å²) in [5, 5.41) is 6.92. The Morgan fingerprint density at radius 3 is 2.38 bits per heavy atom. The van der Waals surface area contributed by atoms with Crippen molar-refractivity contribution < 1.29 is 0 Å². The molecule has 1 unspecified atom stereocenters. The molecule has 1 atom stereocenters. The van der Waals surface area contributed by atoms with Crippen LogP contribution in [0.4, 0.5) is 11.6 Å². The molecule has 4 nitrogen and oxygen atoms in total. The molecule has 0 aromatic carbocycles. The molecule has 4 heteroatoms. The van der Waals surface area contributed by atoms with Gasteiger partial charge in [-0.2, -0.15) is 0 Å². The van der Waals surface area contributed by atoms with E-state index in [9.17, 15) is 0 Å². The van der Waals surface area contributed by atoms with Crippen LogP contribution in [-0.4, -0.2) is 22.6 Å². The topological polar surface area (TPSA) is 49.8 Å². The summed E-state index contributed by atoms with van der Waals surface area (Å²) >= 11 is 0. The van der Waals surface area contributed by atoms with Gasteiger partial charge in [0.25, 0.3) is 0 Å². The zero-order valence-electron chi connectivity index (χ0n) is 14.2. The Labute approximate surface area is 129 Å². The lowest BCUT2D eigenvalue weighted by atomic mass is 9.95. The molecule has 1 aliphatic carbocycles. The summed E-state index contributed by atoms with van der Waals surface area (Å²) in [5.41, 5.74) is -0.0432. The summed E-state index contributed by atoms with van der Waals surface area (Å²) in [6, 6.07) is 2.51. The van der Waals surface area contributed by atoms with Gasteiger partial charge in [0, 0.05) is 24.1 Å². The van der Waals surface area contributed by atoms with Crippen molar-refractivity contribution >= 4 is 11.6 Å². The molecule has 0 saturated heterocycles. The molecule has 2 rings (SSSR count). The molecule has 118 valence electrons. The van der Waals surface area contributed by atoms with Gasteiger partial charge in [-0.3, -0.25) is 0 Å². The van der Waals surface area contributed by atoms with Gasteiger partial charge in [-0.15, -0.1) is 0 Å². The van der Waals surface area contributed by atoms with Gasteiger partial charge in [0.05, 0.1) is 0 Å². The Balaban J connectivity index is 2.18. The van der Waals surface area contributed by atoms with Crippen molar-refractivity contribution in [2.75, 3.05) is 17.2 Å². The van der Waals surface area contributed by atoms with E-state index in [1.54, 1.807) is 0 Å². The number of hydrogen-bond donors (Lipinski definition) is 2. The van der Waals surface area contributed by atoms with Gasteiger partial charge >= 0.3 is 0 Å². The Hall–Kier alpha value is -1.32. The predicted octanol–water partition coefficient (Wildman–Crippen LogP) is 4.20. The van der Waals surface area contributed by atoms with E-state index >= 15 is 0 Å². The fraction of sp³-hybridized carbons (Fsp3) is 0.765. The van der Waals surface area contributed by atoms with Crippen LogP contribution in [0, 0.1) is 5.92 Å². The summed E-state index contributed by atoms with van der Waals surface area (Å²) in [7, 11) is 0. The van der Waals surface area contributed by atoms with Crippen LogP contribution in [0.25, 0.3) is 0 Å². The molecule has 1 heterocycles. The number of rotatable bonds is 5. The van der Waals surface area contributed by atoms with Crippen LogP contribution in [0.15, 0.2) is 6.07 Å². The van der Waals surface area contributed by atoms with E-state index in [0.29, 0.717) is 6.04 Å². The first kappa shape index (κ1) is 16.1. The number of anilines is 2. The van der Waals surface area contributed by atoms with Crippen molar-refractivity contribution in [3.63, 3.8) is 0 Å². The largest absolute Gasteiger partial charge is 0.370 e. The highest BCUT2D eigenvalue weighted by Gasteiger charge is 2.23. The molecule has 0 amide bonds. The molecule has 0 bridgehead atoms. The quantitative estimate of drug-likeness (QED) is 0.853. The monoisotopic (exact) mass is 290 g/mol. The van der Waals surface area contributed by atoms with E-state index in [-0.39, 0.29) is 5.41 Å². The summed E-state index contributed by atoms with van der Waals surface area (Å²) in [6.45, 7) is 11.7. The molecule has 1 aromatic heterocycles. The molecule has 1 aliphatic rings. The molecular formula is C17H30N4. The zero-order chi connectivity index (χ0) is 15.5. The fourth-order valence-electron chi connectivity index (χ4n) is 2.94. The van der Waals surface area contributed by atoms with Gasteiger partial charge < -0.3 is 10.6 Å². The summed E-state index contributed by atoms with van der Waals surface area (Å²) in [5.74, 6) is 3.53. The summed E-state index contributed by atoms with van der Waals surface area (Å²) < 4.78 is 0. The summed E-state index contributed by atoms with van der Waals surface area (Å²) in [4.78, 5) is 9.37. The van der Waals surface area contributed by atoms with E-state index < -0.39 is 0 Å². The molecule has 1 fully saturated rings. The minimum atomic E-state index is -0.0432. The Morgan fingerprint density at radius 1 is 1.19 bits per heavy atom. The van der Waals surface area contributed by atoms with Crippen LogP contribution in [-0.2, 0) is 5.41 Å². The second-order valence-corrected chi connectivity index (χ2v) is 7.22. The number of hydrogen-bond acceptors (Lipinski definition) is 4. The summed E-state index contributed by atoms with van der Waals surface area (Å²) in [6.07, 6.45) is 5.42. The van der Waals surface area contributed by atoms with Crippen molar-refractivity contribution in [3.05, 3.63) is 11.9 Å². The van der Waals surface area contributed by atoms with E-state index in [1.807, 2.05) is 6.07 Å². The maximum Gasteiger partial charge on any atom is 0.138 e. The van der Waals surface area contributed by atoms with Crippen LogP contribution < -0.4 is 10.6 Å². The minimum Gasteiger partial charge on any atom is -0.370 e. The smallest absolute Gasteiger partial charge is 0.138 e. The third-order valence-electron chi connectivity index (χ3n) is 4.24.